The van der Waals surface area contributed by atoms with Gasteiger partial charge in [0.1, 0.15) is 17.6 Å². The molecule has 20 heavy (non-hydrogen) atoms. The molecule has 0 bridgehead atoms. The van der Waals surface area contributed by atoms with E-state index in [2.05, 4.69) is 17.2 Å². The third kappa shape index (κ3) is 4.15. The van der Waals surface area contributed by atoms with Gasteiger partial charge in [-0.25, -0.2) is 9.37 Å². The number of benzene rings is 1. The number of hydrogen-bond donors (Lipinski definition) is 1. The van der Waals surface area contributed by atoms with Crippen LogP contribution in [0.2, 0.25) is 0 Å². The fourth-order valence-corrected chi connectivity index (χ4v) is 1.98. The molecule has 0 fully saturated rings. The molecule has 0 radical (unpaired) electrons. The number of aromatic nitrogens is 1. The Hall–Kier alpha value is -2.25. The van der Waals surface area contributed by atoms with Gasteiger partial charge in [-0.05, 0) is 48.7 Å². The molecule has 1 aromatic heterocycles. The molecule has 1 N–H and O–H groups in total. The molecule has 0 saturated carbocycles. The summed E-state index contributed by atoms with van der Waals surface area (Å²) < 4.78 is 12.8. The molecule has 3 nitrogen and oxygen atoms in total. The summed E-state index contributed by atoms with van der Waals surface area (Å²) in [6.07, 6.45) is 2.47. The van der Waals surface area contributed by atoms with Crippen molar-refractivity contribution in [3.05, 3.63) is 65.2 Å². The second-order valence-electron chi connectivity index (χ2n) is 4.77. The lowest BCUT2D eigenvalue weighted by Gasteiger charge is -2.14. The average molecular weight is 269 g/mol. The van der Waals surface area contributed by atoms with E-state index in [1.54, 1.807) is 24.4 Å². The fourth-order valence-electron chi connectivity index (χ4n) is 1.98. The second kappa shape index (κ2) is 6.78. The molecule has 1 aromatic carbocycles. The normalized spacial score (nSPS) is 11.8. The highest BCUT2D eigenvalue weighted by Gasteiger charge is 2.04. The van der Waals surface area contributed by atoms with Gasteiger partial charge in [0, 0.05) is 18.8 Å². The zero-order valence-electron chi connectivity index (χ0n) is 11.3. The number of nitrogens with one attached hydrogen (secondary N) is 1. The van der Waals surface area contributed by atoms with Crippen molar-refractivity contribution < 1.29 is 4.39 Å². The van der Waals surface area contributed by atoms with E-state index in [0.717, 1.165) is 17.5 Å². The van der Waals surface area contributed by atoms with E-state index in [9.17, 15) is 4.39 Å². The van der Waals surface area contributed by atoms with Crippen molar-refractivity contribution in [2.75, 3.05) is 0 Å². The lowest BCUT2D eigenvalue weighted by molar-refractivity contribution is 0.544. The maximum Gasteiger partial charge on any atom is 0.140 e. The Balaban J connectivity index is 1.87. The van der Waals surface area contributed by atoms with Gasteiger partial charge in [-0.3, -0.25) is 0 Å². The molecule has 0 amide bonds. The number of rotatable bonds is 5. The van der Waals surface area contributed by atoms with Gasteiger partial charge in [-0.1, -0.05) is 12.1 Å². The summed E-state index contributed by atoms with van der Waals surface area (Å²) in [5, 5.41) is 12.2. The van der Waals surface area contributed by atoms with Crippen molar-refractivity contribution in [3.8, 4) is 6.07 Å². The van der Waals surface area contributed by atoms with Crippen LogP contribution in [-0.4, -0.2) is 11.0 Å². The summed E-state index contributed by atoms with van der Waals surface area (Å²) in [7, 11) is 0. The lowest BCUT2D eigenvalue weighted by atomic mass is 10.1. The Kier molecular flexibility index (Phi) is 4.80. The number of halogens is 1. The highest BCUT2D eigenvalue weighted by atomic mass is 19.1. The van der Waals surface area contributed by atoms with Crippen LogP contribution in [0, 0.1) is 17.1 Å². The third-order valence-corrected chi connectivity index (χ3v) is 3.05. The van der Waals surface area contributed by atoms with E-state index in [1.807, 2.05) is 12.1 Å². The Morgan fingerprint density at radius 1 is 1.25 bits per heavy atom. The highest BCUT2D eigenvalue weighted by Crippen LogP contribution is 2.07. The summed E-state index contributed by atoms with van der Waals surface area (Å²) >= 11 is 0. The topological polar surface area (TPSA) is 48.7 Å². The van der Waals surface area contributed by atoms with E-state index in [1.165, 1.54) is 12.1 Å². The van der Waals surface area contributed by atoms with Gasteiger partial charge in [0.05, 0.1) is 0 Å². The number of nitrogens with zero attached hydrogens (tertiary/aromatic N) is 2. The van der Waals surface area contributed by atoms with E-state index in [4.69, 9.17) is 5.26 Å². The summed E-state index contributed by atoms with van der Waals surface area (Å²) in [6.45, 7) is 2.76. The van der Waals surface area contributed by atoms with Gasteiger partial charge >= 0.3 is 0 Å². The standard InChI is InChI=1S/C16H16FN3/c1-12(8-13-2-4-15(17)5-3-13)20-11-14-6-7-19-16(9-14)10-18/h2-7,9,12,20H,8,11H2,1H3. The molecule has 0 saturated heterocycles. The molecule has 0 aliphatic rings. The van der Waals surface area contributed by atoms with Crippen LogP contribution in [0.4, 0.5) is 4.39 Å². The Morgan fingerprint density at radius 3 is 2.70 bits per heavy atom. The molecule has 0 spiro atoms. The Labute approximate surface area is 118 Å². The summed E-state index contributed by atoms with van der Waals surface area (Å²) in [5.41, 5.74) is 2.55. The van der Waals surface area contributed by atoms with Gasteiger partial charge in [-0.15, -0.1) is 0 Å². The van der Waals surface area contributed by atoms with E-state index >= 15 is 0 Å². The molecule has 2 rings (SSSR count). The van der Waals surface area contributed by atoms with Crippen molar-refractivity contribution in [1.29, 1.82) is 5.26 Å². The smallest absolute Gasteiger partial charge is 0.140 e. The van der Waals surface area contributed by atoms with Crippen LogP contribution in [0.5, 0.6) is 0 Å². The first-order valence-corrected chi connectivity index (χ1v) is 6.50. The molecule has 1 heterocycles. The zero-order chi connectivity index (χ0) is 14.4. The summed E-state index contributed by atoms with van der Waals surface area (Å²) in [4.78, 5) is 3.94. The molecular weight excluding hydrogens is 253 g/mol. The average Bonchev–Trinajstić information content (AvgIpc) is 2.48. The van der Waals surface area contributed by atoms with Gasteiger partial charge in [0.15, 0.2) is 0 Å². The van der Waals surface area contributed by atoms with Crippen molar-refractivity contribution in [1.82, 2.24) is 10.3 Å². The first kappa shape index (κ1) is 14.2. The monoisotopic (exact) mass is 269 g/mol. The van der Waals surface area contributed by atoms with Crippen LogP contribution in [0.3, 0.4) is 0 Å². The number of hydrogen-bond acceptors (Lipinski definition) is 3. The van der Waals surface area contributed by atoms with Crippen molar-refractivity contribution in [2.24, 2.45) is 0 Å². The van der Waals surface area contributed by atoms with E-state index in [-0.39, 0.29) is 11.9 Å². The minimum atomic E-state index is -0.213. The molecule has 102 valence electrons. The molecule has 2 aromatic rings. The van der Waals surface area contributed by atoms with Gasteiger partial charge in [0.2, 0.25) is 0 Å². The van der Waals surface area contributed by atoms with Crippen LogP contribution >= 0.6 is 0 Å². The maximum absolute atomic E-state index is 12.8. The number of pyridine rings is 1. The Bertz CT molecular complexity index is 602. The van der Waals surface area contributed by atoms with E-state index < -0.39 is 0 Å². The van der Waals surface area contributed by atoms with Crippen molar-refractivity contribution >= 4 is 0 Å². The molecule has 0 aliphatic carbocycles. The van der Waals surface area contributed by atoms with Crippen LogP contribution < -0.4 is 5.32 Å². The predicted octanol–water partition coefficient (Wildman–Crippen LogP) is 2.81. The Morgan fingerprint density at radius 2 is 2.00 bits per heavy atom. The molecule has 4 heteroatoms. The second-order valence-corrected chi connectivity index (χ2v) is 4.77. The van der Waals surface area contributed by atoms with Crippen LogP contribution in [-0.2, 0) is 13.0 Å². The van der Waals surface area contributed by atoms with Gasteiger partial charge in [0.25, 0.3) is 0 Å². The largest absolute Gasteiger partial charge is 0.310 e. The van der Waals surface area contributed by atoms with Crippen LogP contribution in [0.15, 0.2) is 42.6 Å². The summed E-state index contributed by atoms with van der Waals surface area (Å²) in [5.74, 6) is -0.213. The minimum Gasteiger partial charge on any atom is -0.310 e. The zero-order valence-corrected chi connectivity index (χ0v) is 11.3. The quantitative estimate of drug-likeness (QED) is 0.908. The van der Waals surface area contributed by atoms with Gasteiger partial charge in [-0.2, -0.15) is 5.26 Å². The summed E-state index contributed by atoms with van der Waals surface area (Å²) in [6, 6.07) is 12.5. The lowest BCUT2D eigenvalue weighted by Crippen LogP contribution is -2.27. The predicted molar refractivity (Wildman–Crippen MR) is 75.4 cm³/mol. The first-order valence-electron chi connectivity index (χ1n) is 6.50. The van der Waals surface area contributed by atoms with Crippen molar-refractivity contribution in [3.63, 3.8) is 0 Å². The highest BCUT2D eigenvalue weighted by molar-refractivity contribution is 5.25. The van der Waals surface area contributed by atoms with Crippen LogP contribution in [0.1, 0.15) is 23.7 Å². The molecule has 0 aliphatic heterocycles. The SMILES string of the molecule is CC(Cc1ccc(F)cc1)NCc1ccnc(C#N)c1. The maximum atomic E-state index is 12.8. The third-order valence-electron chi connectivity index (χ3n) is 3.05. The van der Waals surface area contributed by atoms with E-state index in [0.29, 0.717) is 12.2 Å². The first-order chi connectivity index (χ1) is 9.67. The molecule has 1 unspecified atom stereocenters. The number of nitriles is 1. The molecular formula is C16H16FN3. The van der Waals surface area contributed by atoms with Gasteiger partial charge < -0.3 is 5.32 Å². The molecule has 1 atom stereocenters. The minimum absolute atomic E-state index is 0.213. The fraction of sp³-hybridized carbons (Fsp3) is 0.250. The van der Waals surface area contributed by atoms with Crippen molar-refractivity contribution in [2.45, 2.75) is 25.9 Å². The van der Waals surface area contributed by atoms with Crippen LogP contribution in [0.25, 0.3) is 0 Å².